The number of phenolic OH excluding ortho intramolecular Hbond substituents is 1. The number of alkyl halides is 1. The molecule has 0 bridgehead atoms. The molecule has 2 aromatic carbocycles. The first-order valence-corrected chi connectivity index (χ1v) is 13.2. The molecule has 0 saturated heterocycles. The van der Waals surface area contributed by atoms with E-state index in [2.05, 4.69) is 52.5 Å². The molecule has 0 amide bonds. The van der Waals surface area contributed by atoms with Crippen molar-refractivity contribution in [2.75, 3.05) is 47.0 Å². The summed E-state index contributed by atoms with van der Waals surface area (Å²) in [5, 5.41) is 19.4. The van der Waals surface area contributed by atoms with Crippen LogP contribution in [-0.4, -0.2) is 91.8 Å². The summed E-state index contributed by atoms with van der Waals surface area (Å²) in [5.41, 5.74) is -0.909. The van der Waals surface area contributed by atoms with E-state index in [1.165, 1.54) is 14.2 Å². The molecular formula is C25H36Br4MgO9. The van der Waals surface area contributed by atoms with E-state index in [1.54, 1.807) is 59.3 Å². The number of carbonyl (C=O) groups is 1. The summed E-state index contributed by atoms with van der Waals surface area (Å²) in [6.45, 7) is 5.75. The number of aliphatic hydroxyl groups is 1. The number of methoxy groups -OCH3 is 4. The number of phenols is 1. The quantitative estimate of drug-likeness (QED) is 0.171. The molecule has 0 radical (unpaired) electrons. The van der Waals surface area contributed by atoms with E-state index in [1.807, 2.05) is 0 Å². The summed E-state index contributed by atoms with van der Waals surface area (Å²) < 4.78 is 31.7. The standard InChI is InChI=1S/C12H17BrO4.C8H9BrO3.C4H7BrO2.CH3.BrH.Mg/c1-12(2,14)7-17-10-8(13)5-6-9(15-3)11(10)16-4;1-11-6-4-3-5(9)7(10)8(6)12-2;1-2-7-4(6)3-5;;;/h5-6,14H,7H2,1-4H3;3-4,10H,1-2H3;2-3H2,1H3;1H3;1H;/q;;;-1;;+2/p-1. The van der Waals surface area contributed by atoms with Crippen molar-refractivity contribution in [2.45, 2.75) is 26.4 Å². The first-order chi connectivity index (χ1) is 16.9. The Balaban J connectivity index is -0.000000246. The summed E-state index contributed by atoms with van der Waals surface area (Å²) >= 11 is 9.48. The van der Waals surface area contributed by atoms with E-state index >= 15 is 0 Å². The van der Waals surface area contributed by atoms with Crippen LogP contribution in [0.15, 0.2) is 33.2 Å². The fraction of sp³-hybridized carbons (Fsp3) is 0.440. The largest absolute Gasteiger partial charge is 2.00 e. The van der Waals surface area contributed by atoms with Crippen LogP contribution < -0.4 is 40.7 Å². The molecule has 0 fully saturated rings. The molecule has 0 saturated carbocycles. The number of hydrogen-bond donors (Lipinski definition) is 2. The molecule has 2 aromatic rings. The van der Waals surface area contributed by atoms with Gasteiger partial charge < -0.3 is 63.0 Å². The van der Waals surface area contributed by atoms with E-state index in [0.29, 0.717) is 45.2 Å². The van der Waals surface area contributed by atoms with Gasteiger partial charge in [0.25, 0.3) is 0 Å². The molecule has 2 N–H and O–H groups in total. The molecule has 39 heavy (non-hydrogen) atoms. The van der Waals surface area contributed by atoms with Crippen molar-refractivity contribution in [1.29, 1.82) is 0 Å². The Bertz CT molecular complexity index is 958. The number of benzene rings is 2. The topological polar surface area (TPSA) is 113 Å². The van der Waals surface area contributed by atoms with Crippen LogP contribution in [0, 0.1) is 7.43 Å². The fourth-order valence-corrected chi connectivity index (χ4v) is 3.24. The van der Waals surface area contributed by atoms with Gasteiger partial charge in [0.05, 0.1) is 49.6 Å². The number of ether oxygens (including phenoxy) is 6. The predicted octanol–water partition coefficient (Wildman–Crippen LogP) is 2.81. The van der Waals surface area contributed by atoms with Crippen molar-refractivity contribution in [3.8, 4) is 34.5 Å². The molecule has 0 atom stereocenters. The van der Waals surface area contributed by atoms with Crippen molar-refractivity contribution in [1.82, 2.24) is 0 Å². The van der Waals surface area contributed by atoms with Gasteiger partial charge in [-0.25, -0.2) is 0 Å². The Labute approximate surface area is 283 Å². The number of hydrogen-bond acceptors (Lipinski definition) is 9. The van der Waals surface area contributed by atoms with Gasteiger partial charge in [0, 0.05) is 0 Å². The minimum Gasteiger partial charge on any atom is -1.00 e. The van der Waals surface area contributed by atoms with Crippen molar-refractivity contribution in [3.05, 3.63) is 40.6 Å². The van der Waals surface area contributed by atoms with Gasteiger partial charge in [0.2, 0.25) is 11.5 Å². The second-order valence-corrected chi connectivity index (χ2v) is 9.55. The van der Waals surface area contributed by atoms with Crippen molar-refractivity contribution in [3.63, 3.8) is 0 Å². The van der Waals surface area contributed by atoms with Gasteiger partial charge in [-0.3, -0.25) is 4.79 Å². The second-order valence-electron chi connectivity index (χ2n) is 7.28. The summed E-state index contributed by atoms with van der Waals surface area (Å²) in [4.78, 5) is 10.1. The molecule has 0 spiro atoms. The van der Waals surface area contributed by atoms with E-state index in [-0.39, 0.29) is 65.8 Å². The Kier molecular flexibility index (Phi) is 27.9. The molecule has 14 heteroatoms. The Morgan fingerprint density at radius 1 is 0.872 bits per heavy atom. The van der Waals surface area contributed by atoms with Gasteiger partial charge in [-0.05, 0) is 76.9 Å². The monoisotopic (exact) mass is 820 g/mol. The Morgan fingerprint density at radius 2 is 1.33 bits per heavy atom. The van der Waals surface area contributed by atoms with Crippen LogP contribution in [0.3, 0.4) is 0 Å². The maximum atomic E-state index is 10.1. The average Bonchev–Trinajstić information content (AvgIpc) is 2.84. The smallest absolute Gasteiger partial charge is 1.00 e. The first kappa shape index (κ1) is 45.3. The third kappa shape index (κ3) is 17.0. The van der Waals surface area contributed by atoms with Crippen LogP contribution in [0.2, 0.25) is 0 Å². The second kappa shape index (κ2) is 24.0. The SMILES string of the molecule is CCOC(=O)CBr.COc1ccc(Br)c(O)c1OC.COc1ccc(Br)c(OCC(C)(C)O)c1OC.[Br-].[CH3-].[Mg+2]. The summed E-state index contributed by atoms with van der Waals surface area (Å²) in [6, 6.07) is 6.99. The zero-order chi connectivity index (χ0) is 27.9. The first-order valence-electron chi connectivity index (χ1n) is 10.5. The van der Waals surface area contributed by atoms with Crippen molar-refractivity contribution in [2.24, 2.45) is 0 Å². The van der Waals surface area contributed by atoms with Gasteiger partial charge in [-0.15, -0.1) is 0 Å². The minimum atomic E-state index is -0.909. The van der Waals surface area contributed by atoms with E-state index < -0.39 is 5.60 Å². The molecule has 0 heterocycles. The molecule has 220 valence electrons. The third-order valence-corrected chi connectivity index (χ3v) is 5.63. The van der Waals surface area contributed by atoms with Gasteiger partial charge in [-0.2, -0.15) is 0 Å². The number of esters is 1. The van der Waals surface area contributed by atoms with E-state index in [9.17, 15) is 15.0 Å². The molecule has 0 aliphatic heterocycles. The molecule has 2 rings (SSSR count). The maximum Gasteiger partial charge on any atom is 2.00 e. The Hall–Kier alpha value is -0.644. The summed E-state index contributed by atoms with van der Waals surface area (Å²) in [6.07, 6.45) is 0. The summed E-state index contributed by atoms with van der Waals surface area (Å²) in [5.74, 6) is 2.31. The van der Waals surface area contributed by atoms with Crippen molar-refractivity contribution < 1.29 is 60.4 Å². The number of aromatic hydroxyl groups is 1. The molecule has 0 unspecified atom stereocenters. The van der Waals surface area contributed by atoms with Crippen LogP contribution >= 0.6 is 47.8 Å². The van der Waals surface area contributed by atoms with Crippen LogP contribution in [0.25, 0.3) is 0 Å². The molecular weight excluding hydrogens is 788 g/mol. The number of carbonyl (C=O) groups excluding carboxylic acids is 1. The van der Waals surface area contributed by atoms with E-state index in [0.717, 1.165) is 4.47 Å². The Morgan fingerprint density at radius 3 is 1.69 bits per heavy atom. The van der Waals surface area contributed by atoms with Gasteiger partial charge in [0.15, 0.2) is 23.0 Å². The van der Waals surface area contributed by atoms with Gasteiger partial charge in [0.1, 0.15) is 11.9 Å². The molecule has 0 aliphatic rings. The van der Waals surface area contributed by atoms with E-state index in [4.69, 9.17) is 23.7 Å². The molecule has 9 nitrogen and oxygen atoms in total. The fourth-order valence-electron chi connectivity index (χ4n) is 2.34. The zero-order valence-corrected chi connectivity index (χ0v) is 31.2. The van der Waals surface area contributed by atoms with Crippen LogP contribution in [0.1, 0.15) is 20.8 Å². The summed E-state index contributed by atoms with van der Waals surface area (Å²) in [7, 11) is 6.10. The normalized spacial score (nSPS) is 9.31. The molecule has 0 aromatic heterocycles. The minimum absolute atomic E-state index is 0. The predicted molar refractivity (Wildman–Crippen MR) is 161 cm³/mol. The van der Waals surface area contributed by atoms with Crippen LogP contribution in [0.4, 0.5) is 0 Å². The van der Waals surface area contributed by atoms with Gasteiger partial charge >= 0.3 is 29.0 Å². The molecule has 0 aliphatic carbocycles. The van der Waals surface area contributed by atoms with Crippen molar-refractivity contribution >= 4 is 76.8 Å². The number of rotatable bonds is 9. The average molecular weight is 824 g/mol. The van der Waals surface area contributed by atoms with Crippen LogP contribution in [-0.2, 0) is 9.53 Å². The third-order valence-electron chi connectivity index (χ3n) is 3.91. The van der Waals surface area contributed by atoms with Crippen LogP contribution in [0.5, 0.6) is 34.5 Å². The van der Waals surface area contributed by atoms with Gasteiger partial charge in [-0.1, -0.05) is 15.9 Å². The zero-order valence-electron chi connectivity index (χ0n) is 23.4. The maximum absolute atomic E-state index is 10.1. The number of halogens is 4.